The molecule has 2 atom stereocenters. The molecule has 0 bridgehead atoms. The van der Waals surface area contributed by atoms with Gasteiger partial charge in [-0.15, -0.1) is 0 Å². The van der Waals surface area contributed by atoms with Crippen LogP contribution in [0, 0.1) is 28.6 Å². The zero-order valence-electron chi connectivity index (χ0n) is 26.7. The van der Waals surface area contributed by atoms with E-state index in [0.29, 0.717) is 23.1 Å². The van der Waals surface area contributed by atoms with Crippen LogP contribution in [0.15, 0.2) is 127 Å². The second kappa shape index (κ2) is 11.4. The van der Waals surface area contributed by atoms with E-state index in [4.69, 9.17) is 0 Å². The fourth-order valence-electron chi connectivity index (χ4n) is 8.57. The van der Waals surface area contributed by atoms with E-state index in [-0.39, 0.29) is 0 Å². The average molecular weight is 619 g/mol. The molecule has 0 radical (unpaired) electrons. The van der Waals surface area contributed by atoms with Crippen LogP contribution >= 0.6 is 0 Å². The molecule has 9 rings (SSSR count). The Labute approximate surface area is 281 Å². The first-order chi connectivity index (χ1) is 23.7. The van der Waals surface area contributed by atoms with Gasteiger partial charge in [0, 0.05) is 39.5 Å². The van der Waals surface area contributed by atoms with Crippen LogP contribution in [0.5, 0.6) is 0 Å². The number of para-hydroxylation sites is 1. The van der Waals surface area contributed by atoms with Crippen molar-refractivity contribution in [2.24, 2.45) is 5.92 Å². The van der Waals surface area contributed by atoms with Gasteiger partial charge >= 0.3 is 0 Å². The standard InChI is InChI=1S/C44H34N4/c45-27-29-24-32(30-20-22-34(23-21-30)47-40-16-6-2-12-36(40)37-13-3-7-17-41(37)47)26-33(25-29)35-11-1-5-15-39(35)48-42-18-8-4-14-38(42)44-31(28-46)10-9-19-43(44)48/h1-2,4-5,7,9-12,14-15,17,19-26,37,41H,3,6,8,13,16,18H2. The molecule has 4 nitrogen and oxygen atoms in total. The van der Waals surface area contributed by atoms with Gasteiger partial charge in [-0.2, -0.15) is 10.5 Å². The van der Waals surface area contributed by atoms with Gasteiger partial charge in [0.25, 0.3) is 0 Å². The van der Waals surface area contributed by atoms with Gasteiger partial charge < -0.3 is 9.47 Å². The van der Waals surface area contributed by atoms with Crippen LogP contribution in [0.1, 0.15) is 54.5 Å². The summed E-state index contributed by atoms with van der Waals surface area (Å²) in [4.78, 5) is 2.57. The molecule has 230 valence electrons. The molecule has 4 aromatic carbocycles. The molecule has 2 heterocycles. The number of rotatable bonds is 4. The first kappa shape index (κ1) is 28.4. The Balaban J connectivity index is 1.14. The lowest BCUT2D eigenvalue weighted by atomic mass is 9.84. The van der Waals surface area contributed by atoms with E-state index in [9.17, 15) is 10.5 Å². The van der Waals surface area contributed by atoms with E-state index in [1.807, 2.05) is 24.3 Å². The summed E-state index contributed by atoms with van der Waals surface area (Å²) in [6, 6.07) is 34.9. The summed E-state index contributed by atoms with van der Waals surface area (Å²) >= 11 is 0. The number of nitrogens with zero attached hydrogens (tertiary/aromatic N) is 4. The number of anilines is 1. The maximum atomic E-state index is 10.2. The molecule has 0 saturated heterocycles. The summed E-state index contributed by atoms with van der Waals surface area (Å²) in [7, 11) is 0. The van der Waals surface area contributed by atoms with Crippen LogP contribution in [-0.2, 0) is 6.42 Å². The van der Waals surface area contributed by atoms with Gasteiger partial charge in [0.15, 0.2) is 0 Å². The number of nitriles is 2. The third-order valence-corrected chi connectivity index (χ3v) is 10.6. The molecule has 4 aliphatic rings. The Kier molecular flexibility index (Phi) is 6.77. The number of hydrogen-bond donors (Lipinski definition) is 0. The first-order valence-electron chi connectivity index (χ1n) is 17.1. The summed E-state index contributed by atoms with van der Waals surface area (Å²) in [5.41, 5.74) is 14.2. The van der Waals surface area contributed by atoms with Crippen molar-refractivity contribution in [2.45, 2.75) is 44.6 Å². The Hall–Kier alpha value is -5.84. The summed E-state index contributed by atoms with van der Waals surface area (Å²) in [6.45, 7) is 0. The monoisotopic (exact) mass is 618 g/mol. The van der Waals surface area contributed by atoms with Gasteiger partial charge in [0.1, 0.15) is 0 Å². The van der Waals surface area contributed by atoms with E-state index in [0.717, 1.165) is 76.5 Å². The lowest BCUT2D eigenvalue weighted by molar-refractivity contribution is 0.519. The van der Waals surface area contributed by atoms with Gasteiger partial charge in [-0.3, -0.25) is 0 Å². The number of fused-ring (bicyclic) bond motifs is 5. The van der Waals surface area contributed by atoms with Gasteiger partial charge in [0.2, 0.25) is 0 Å². The smallest absolute Gasteiger partial charge is 0.0998 e. The van der Waals surface area contributed by atoms with Gasteiger partial charge in [-0.05, 0) is 109 Å². The Morgan fingerprint density at radius 2 is 1.54 bits per heavy atom. The second-order valence-corrected chi connectivity index (χ2v) is 13.2. The van der Waals surface area contributed by atoms with E-state index in [1.165, 1.54) is 29.1 Å². The van der Waals surface area contributed by atoms with E-state index in [1.54, 1.807) is 0 Å². The summed E-state index contributed by atoms with van der Waals surface area (Å²) < 4.78 is 2.34. The maximum Gasteiger partial charge on any atom is 0.0998 e. The van der Waals surface area contributed by atoms with Gasteiger partial charge in [-0.25, -0.2) is 0 Å². The topological polar surface area (TPSA) is 55.8 Å². The number of aromatic nitrogens is 1. The molecule has 1 aromatic heterocycles. The molecule has 2 unspecified atom stereocenters. The third kappa shape index (κ3) is 4.41. The van der Waals surface area contributed by atoms with Crippen LogP contribution in [0.2, 0.25) is 0 Å². The predicted molar refractivity (Wildman–Crippen MR) is 194 cm³/mol. The molecule has 5 aromatic rings. The molecule has 0 spiro atoms. The molecule has 0 amide bonds. The highest BCUT2D eigenvalue weighted by Gasteiger charge is 2.40. The van der Waals surface area contributed by atoms with Gasteiger partial charge in [0.05, 0.1) is 40.5 Å². The van der Waals surface area contributed by atoms with Crippen LogP contribution < -0.4 is 4.90 Å². The highest BCUT2D eigenvalue weighted by Crippen LogP contribution is 2.47. The van der Waals surface area contributed by atoms with Crippen LogP contribution in [0.4, 0.5) is 5.69 Å². The van der Waals surface area contributed by atoms with E-state index in [2.05, 4.69) is 119 Å². The number of hydrogen-bond acceptors (Lipinski definition) is 3. The second-order valence-electron chi connectivity index (χ2n) is 13.2. The fraction of sp³-hybridized carbons (Fsp3) is 0.182. The molecule has 3 aliphatic carbocycles. The highest BCUT2D eigenvalue weighted by molar-refractivity contribution is 5.98. The lowest BCUT2D eigenvalue weighted by Gasteiger charge is -2.32. The summed E-state index contributed by atoms with van der Waals surface area (Å²) in [5.74, 6) is 0.571. The molecule has 0 N–H and O–H groups in total. The van der Waals surface area contributed by atoms with Crippen LogP contribution in [0.3, 0.4) is 0 Å². The SMILES string of the molecule is N#Cc1cc(-c2ccc(N3C4=C(C=CCC4)C4CCC=CC43)cc2)cc(-c2ccccc2-n2c3c(c4c(C#N)cccc42)C=CCC3)c1. The predicted octanol–water partition coefficient (Wildman–Crippen LogP) is 10.4. The van der Waals surface area contributed by atoms with Crippen molar-refractivity contribution in [3.8, 4) is 40.1 Å². The molecule has 4 heteroatoms. The zero-order valence-corrected chi connectivity index (χ0v) is 26.7. The fourth-order valence-corrected chi connectivity index (χ4v) is 8.57. The van der Waals surface area contributed by atoms with Crippen molar-refractivity contribution in [2.75, 3.05) is 4.90 Å². The van der Waals surface area contributed by atoms with Crippen molar-refractivity contribution >= 4 is 22.7 Å². The lowest BCUT2D eigenvalue weighted by Crippen LogP contribution is -2.33. The Morgan fingerprint density at radius 3 is 2.42 bits per heavy atom. The molecular weight excluding hydrogens is 585 g/mol. The summed E-state index contributed by atoms with van der Waals surface area (Å²) in [6.07, 6.45) is 20.3. The largest absolute Gasteiger partial charge is 0.337 e. The minimum absolute atomic E-state index is 0.387. The summed E-state index contributed by atoms with van der Waals surface area (Å²) in [5, 5.41) is 21.2. The number of allylic oxidation sites excluding steroid dienone is 5. The van der Waals surface area contributed by atoms with Crippen molar-refractivity contribution in [3.05, 3.63) is 149 Å². The minimum Gasteiger partial charge on any atom is -0.337 e. The molecule has 48 heavy (non-hydrogen) atoms. The normalized spacial score (nSPS) is 19.2. The average Bonchev–Trinajstić information content (AvgIpc) is 3.68. The first-order valence-corrected chi connectivity index (χ1v) is 17.1. The van der Waals surface area contributed by atoms with Crippen molar-refractivity contribution < 1.29 is 0 Å². The van der Waals surface area contributed by atoms with Crippen molar-refractivity contribution in [3.63, 3.8) is 0 Å². The van der Waals surface area contributed by atoms with E-state index >= 15 is 0 Å². The molecule has 0 fully saturated rings. The maximum absolute atomic E-state index is 10.2. The zero-order chi connectivity index (χ0) is 32.2. The minimum atomic E-state index is 0.387. The quantitative estimate of drug-likeness (QED) is 0.188. The third-order valence-electron chi connectivity index (χ3n) is 10.6. The van der Waals surface area contributed by atoms with Crippen molar-refractivity contribution in [1.82, 2.24) is 4.57 Å². The number of benzene rings is 4. The molecule has 0 saturated carbocycles. The Bertz CT molecular complexity index is 2330. The van der Waals surface area contributed by atoms with Gasteiger partial charge in [-0.1, -0.05) is 72.9 Å². The van der Waals surface area contributed by atoms with Crippen LogP contribution in [-0.4, -0.2) is 10.6 Å². The van der Waals surface area contributed by atoms with E-state index < -0.39 is 0 Å². The molecule has 1 aliphatic heterocycles. The van der Waals surface area contributed by atoms with Crippen molar-refractivity contribution in [1.29, 1.82) is 10.5 Å². The Morgan fingerprint density at radius 1 is 0.708 bits per heavy atom. The van der Waals surface area contributed by atoms with Crippen LogP contribution in [0.25, 0.3) is 44.9 Å². The highest BCUT2D eigenvalue weighted by atomic mass is 15.2. The molecular formula is C44H34N4.